The summed E-state index contributed by atoms with van der Waals surface area (Å²) in [6, 6.07) is 6.20. The van der Waals surface area contributed by atoms with Gasteiger partial charge in [0, 0.05) is 37.8 Å². The Labute approximate surface area is 143 Å². The predicted molar refractivity (Wildman–Crippen MR) is 93.1 cm³/mol. The van der Waals surface area contributed by atoms with Crippen molar-refractivity contribution in [3.05, 3.63) is 29.3 Å². The zero-order valence-electron chi connectivity index (χ0n) is 14.5. The van der Waals surface area contributed by atoms with Crippen molar-refractivity contribution in [2.75, 3.05) is 45.8 Å². The third-order valence-electron chi connectivity index (χ3n) is 4.60. The number of benzene rings is 1. The van der Waals surface area contributed by atoms with E-state index in [9.17, 15) is 4.79 Å². The van der Waals surface area contributed by atoms with Crippen molar-refractivity contribution in [2.45, 2.75) is 31.7 Å². The first-order valence-corrected chi connectivity index (χ1v) is 8.48. The second-order valence-corrected chi connectivity index (χ2v) is 6.21. The number of anilines is 1. The highest BCUT2D eigenvalue weighted by atomic mass is 16.5. The number of carboxylic acid groups (broad SMARTS) is 1. The van der Waals surface area contributed by atoms with Gasteiger partial charge >= 0.3 is 5.97 Å². The number of morpholine rings is 1. The Morgan fingerprint density at radius 2 is 2.12 bits per heavy atom. The molecule has 0 bridgehead atoms. The van der Waals surface area contributed by atoms with E-state index < -0.39 is 5.97 Å². The lowest BCUT2D eigenvalue weighted by Crippen LogP contribution is -2.39. The smallest absolute Gasteiger partial charge is 0.304 e. The van der Waals surface area contributed by atoms with E-state index in [1.54, 1.807) is 7.11 Å². The van der Waals surface area contributed by atoms with Gasteiger partial charge in [0.05, 0.1) is 26.2 Å². The van der Waals surface area contributed by atoms with Gasteiger partial charge in [-0.2, -0.15) is 0 Å². The molecule has 0 aromatic heterocycles. The van der Waals surface area contributed by atoms with Crippen molar-refractivity contribution in [1.29, 1.82) is 0 Å². The molecule has 2 atom stereocenters. The van der Waals surface area contributed by atoms with E-state index in [-0.39, 0.29) is 18.4 Å². The largest absolute Gasteiger partial charge is 0.481 e. The standard InChI is InChI=1S/C18H28N2O4/c1-3-17(20-6-8-24-9-7-20)15-5-4-13(10-16(15)19)14(12-23-2)11-18(21)22/h4-5,10,14,17H,3,6-9,11-12,19H2,1-2H3,(H,21,22)/t14-,17+/m1/s1. The van der Waals surface area contributed by atoms with Gasteiger partial charge in [0.15, 0.2) is 0 Å². The van der Waals surface area contributed by atoms with E-state index in [0.717, 1.165) is 49.5 Å². The normalized spacial score (nSPS) is 18.2. The molecule has 1 heterocycles. The average molecular weight is 336 g/mol. The van der Waals surface area contributed by atoms with Crippen molar-refractivity contribution in [2.24, 2.45) is 0 Å². The molecular formula is C18H28N2O4. The van der Waals surface area contributed by atoms with Crippen molar-refractivity contribution in [3.8, 4) is 0 Å². The first kappa shape index (κ1) is 18.7. The maximum Gasteiger partial charge on any atom is 0.304 e. The van der Waals surface area contributed by atoms with Gasteiger partial charge in [-0.3, -0.25) is 9.69 Å². The first-order chi connectivity index (χ1) is 11.6. The van der Waals surface area contributed by atoms with Crippen LogP contribution in [0.3, 0.4) is 0 Å². The van der Waals surface area contributed by atoms with Crippen LogP contribution in [0.5, 0.6) is 0 Å². The Bertz CT molecular complexity index is 544. The highest BCUT2D eigenvalue weighted by Crippen LogP contribution is 2.32. The number of hydrogen-bond donors (Lipinski definition) is 2. The molecule has 0 amide bonds. The number of aliphatic carboxylic acids is 1. The van der Waals surface area contributed by atoms with Crippen molar-refractivity contribution in [1.82, 2.24) is 4.90 Å². The van der Waals surface area contributed by atoms with Crippen LogP contribution in [0.2, 0.25) is 0 Å². The average Bonchev–Trinajstić information content (AvgIpc) is 2.57. The number of nitrogen functional groups attached to an aromatic ring is 1. The van der Waals surface area contributed by atoms with E-state index in [0.29, 0.717) is 6.61 Å². The summed E-state index contributed by atoms with van der Waals surface area (Å²) in [7, 11) is 1.58. The lowest BCUT2D eigenvalue weighted by atomic mass is 9.92. The number of nitrogens with two attached hydrogens (primary N) is 1. The van der Waals surface area contributed by atoms with Crippen molar-refractivity contribution >= 4 is 11.7 Å². The van der Waals surface area contributed by atoms with Gasteiger partial charge in [-0.05, 0) is 23.6 Å². The molecule has 134 valence electrons. The molecule has 2 rings (SSSR count). The van der Waals surface area contributed by atoms with Crippen LogP contribution in [0.4, 0.5) is 5.69 Å². The zero-order chi connectivity index (χ0) is 17.5. The van der Waals surface area contributed by atoms with Crippen LogP contribution in [-0.2, 0) is 14.3 Å². The molecule has 1 aromatic carbocycles. The van der Waals surface area contributed by atoms with Crippen LogP contribution in [0.15, 0.2) is 18.2 Å². The second-order valence-electron chi connectivity index (χ2n) is 6.21. The first-order valence-electron chi connectivity index (χ1n) is 8.48. The quantitative estimate of drug-likeness (QED) is 0.708. The minimum absolute atomic E-state index is 0.0350. The van der Waals surface area contributed by atoms with Crippen LogP contribution in [-0.4, -0.2) is 56.0 Å². The van der Waals surface area contributed by atoms with Crippen LogP contribution < -0.4 is 5.73 Å². The third kappa shape index (κ3) is 4.69. The van der Waals surface area contributed by atoms with Gasteiger partial charge in [-0.1, -0.05) is 19.1 Å². The topological polar surface area (TPSA) is 85.0 Å². The number of carbonyl (C=O) groups is 1. The monoisotopic (exact) mass is 336 g/mol. The van der Waals surface area contributed by atoms with Gasteiger partial charge < -0.3 is 20.3 Å². The molecule has 0 aliphatic carbocycles. The molecule has 1 aromatic rings. The maximum absolute atomic E-state index is 11.1. The zero-order valence-corrected chi connectivity index (χ0v) is 14.5. The van der Waals surface area contributed by atoms with E-state index in [1.165, 1.54) is 0 Å². The van der Waals surface area contributed by atoms with Gasteiger partial charge in [0.25, 0.3) is 0 Å². The maximum atomic E-state index is 11.1. The molecular weight excluding hydrogens is 308 g/mol. The fourth-order valence-electron chi connectivity index (χ4n) is 3.40. The summed E-state index contributed by atoms with van der Waals surface area (Å²) >= 11 is 0. The number of hydrogen-bond acceptors (Lipinski definition) is 5. The molecule has 1 fully saturated rings. The number of nitrogens with zero attached hydrogens (tertiary/aromatic N) is 1. The summed E-state index contributed by atoms with van der Waals surface area (Å²) < 4.78 is 10.6. The Balaban J connectivity index is 2.21. The Morgan fingerprint density at radius 1 is 1.42 bits per heavy atom. The van der Waals surface area contributed by atoms with Crippen LogP contribution in [0, 0.1) is 0 Å². The van der Waals surface area contributed by atoms with Gasteiger partial charge in [-0.25, -0.2) is 0 Å². The van der Waals surface area contributed by atoms with E-state index in [1.807, 2.05) is 18.2 Å². The van der Waals surface area contributed by atoms with Crippen LogP contribution in [0.25, 0.3) is 0 Å². The van der Waals surface area contributed by atoms with Gasteiger partial charge in [-0.15, -0.1) is 0 Å². The molecule has 1 saturated heterocycles. The fraction of sp³-hybridized carbons (Fsp3) is 0.611. The summed E-state index contributed by atoms with van der Waals surface area (Å²) in [5.41, 5.74) is 9.06. The van der Waals surface area contributed by atoms with E-state index in [2.05, 4.69) is 11.8 Å². The van der Waals surface area contributed by atoms with Crippen LogP contribution in [0.1, 0.15) is 42.9 Å². The molecule has 6 nitrogen and oxygen atoms in total. The number of methoxy groups -OCH3 is 1. The molecule has 6 heteroatoms. The van der Waals surface area contributed by atoms with E-state index >= 15 is 0 Å². The number of carboxylic acids is 1. The summed E-state index contributed by atoms with van der Waals surface area (Å²) in [5, 5.41) is 9.09. The van der Waals surface area contributed by atoms with Crippen molar-refractivity contribution < 1.29 is 19.4 Å². The highest BCUT2D eigenvalue weighted by Gasteiger charge is 2.24. The number of rotatable bonds is 8. The molecule has 1 aliphatic heterocycles. The van der Waals surface area contributed by atoms with Gasteiger partial charge in [0.1, 0.15) is 0 Å². The predicted octanol–water partition coefficient (Wildman–Crippen LogP) is 2.26. The molecule has 0 saturated carbocycles. The molecule has 0 spiro atoms. The Morgan fingerprint density at radius 3 is 2.67 bits per heavy atom. The number of ether oxygens (including phenoxy) is 2. The lowest BCUT2D eigenvalue weighted by Gasteiger charge is -2.35. The summed E-state index contributed by atoms with van der Waals surface area (Å²) in [6.07, 6.45) is 1.01. The minimum Gasteiger partial charge on any atom is -0.481 e. The highest BCUT2D eigenvalue weighted by molar-refractivity contribution is 5.68. The SMILES string of the molecule is CC[C@@H](c1ccc([C@@H](COC)CC(=O)O)cc1N)N1CCOCC1. The van der Waals surface area contributed by atoms with Gasteiger partial charge in [0.2, 0.25) is 0 Å². The van der Waals surface area contributed by atoms with Crippen molar-refractivity contribution in [3.63, 3.8) is 0 Å². The molecule has 3 N–H and O–H groups in total. The lowest BCUT2D eigenvalue weighted by molar-refractivity contribution is -0.137. The third-order valence-corrected chi connectivity index (χ3v) is 4.60. The summed E-state index contributed by atoms with van der Waals surface area (Å²) in [5.74, 6) is -1.02. The Hall–Kier alpha value is -1.63. The Kier molecular flexibility index (Phi) is 7.02. The minimum atomic E-state index is -0.834. The summed E-state index contributed by atoms with van der Waals surface area (Å²) in [6.45, 7) is 5.85. The van der Waals surface area contributed by atoms with Crippen LogP contribution >= 0.6 is 0 Å². The second kappa shape index (κ2) is 9.01. The molecule has 0 unspecified atom stereocenters. The van der Waals surface area contributed by atoms with E-state index in [4.69, 9.17) is 20.3 Å². The summed E-state index contributed by atoms with van der Waals surface area (Å²) in [4.78, 5) is 13.5. The molecule has 24 heavy (non-hydrogen) atoms. The molecule has 0 radical (unpaired) electrons. The molecule has 1 aliphatic rings. The fourth-order valence-corrected chi connectivity index (χ4v) is 3.40.